The first-order valence-corrected chi connectivity index (χ1v) is 14.0. The van der Waals surface area contributed by atoms with Crippen LogP contribution in [0.1, 0.15) is 46.1 Å². The Morgan fingerprint density at radius 3 is 2.11 bits per heavy atom. The Labute approximate surface area is 222 Å². The van der Waals surface area contributed by atoms with Gasteiger partial charge in [-0.25, -0.2) is 12.8 Å². The molecule has 1 atom stereocenters. The molecule has 0 fully saturated rings. The summed E-state index contributed by atoms with van der Waals surface area (Å²) in [6.45, 7) is 7.13. The van der Waals surface area contributed by atoms with E-state index in [4.69, 9.17) is 23.2 Å². The summed E-state index contributed by atoms with van der Waals surface area (Å²) in [5.74, 6) is -1.20. The molecule has 0 aliphatic rings. The molecule has 198 valence electrons. The average molecular weight is 561 g/mol. The minimum absolute atomic E-state index is 0.000532. The molecule has 0 aromatic heterocycles. The summed E-state index contributed by atoms with van der Waals surface area (Å²) >= 11 is 12.6. The van der Waals surface area contributed by atoms with Crippen molar-refractivity contribution in [1.82, 2.24) is 10.2 Å². The molecule has 7 nitrogen and oxygen atoms in total. The zero-order valence-electron chi connectivity index (χ0n) is 21.0. The first-order chi connectivity index (χ1) is 16.6. The van der Waals surface area contributed by atoms with Crippen LogP contribution < -0.4 is 9.62 Å². The van der Waals surface area contributed by atoms with E-state index in [1.54, 1.807) is 25.1 Å². The minimum atomic E-state index is -3.67. The number of anilines is 1. The highest BCUT2D eigenvalue weighted by Crippen LogP contribution is 2.27. The molecule has 0 saturated heterocycles. The smallest absolute Gasteiger partial charge is 0.242 e. The number of halogens is 3. The van der Waals surface area contributed by atoms with Gasteiger partial charge >= 0.3 is 0 Å². The van der Waals surface area contributed by atoms with E-state index in [0.717, 1.165) is 10.6 Å². The fraction of sp³-hybridized carbons (Fsp3) is 0.440. The zero-order valence-corrected chi connectivity index (χ0v) is 23.3. The minimum Gasteiger partial charge on any atom is -0.350 e. The van der Waals surface area contributed by atoms with Gasteiger partial charge in [0.2, 0.25) is 21.8 Å². The van der Waals surface area contributed by atoms with Gasteiger partial charge in [0.15, 0.2) is 0 Å². The van der Waals surface area contributed by atoms with Crippen LogP contribution in [0.25, 0.3) is 0 Å². The monoisotopic (exact) mass is 559 g/mol. The van der Waals surface area contributed by atoms with Crippen molar-refractivity contribution < 1.29 is 22.4 Å². The van der Waals surface area contributed by atoms with Crippen LogP contribution in [0.2, 0.25) is 10.0 Å². The fourth-order valence-corrected chi connectivity index (χ4v) is 5.00. The molecule has 0 heterocycles. The van der Waals surface area contributed by atoms with Crippen LogP contribution in [-0.2, 0) is 26.2 Å². The second kappa shape index (κ2) is 12.3. The van der Waals surface area contributed by atoms with Crippen LogP contribution in [0.4, 0.5) is 10.1 Å². The lowest BCUT2D eigenvalue weighted by molar-refractivity contribution is -0.141. The van der Waals surface area contributed by atoms with Crippen LogP contribution in [0, 0.1) is 5.82 Å². The normalized spacial score (nSPS) is 12.7. The maximum Gasteiger partial charge on any atom is 0.242 e. The van der Waals surface area contributed by atoms with E-state index < -0.39 is 27.4 Å². The topological polar surface area (TPSA) is 86.8 Å². The second-order valence-electron chi connectivity index (χ2n) is 9.55. The van der Waals surface area contributed by atoms with Gasteiger partial charge in [0.05, 0.1) is 11.9 Å². The molecular weight excluding hydrogens is 528 g/mol. The lowest BCUT2D eigenvalue weighted by atomic mass is 10.1. The number of carbonyl (C=O) groups is 2. The second-order valence-corrected chi connectivity index (χ2v) is 12.3. The van der Waals surface area contributed by atoms with Crippen LogP contribution in [0.5, 0.6) is 0 Å². The van der Waals surface area contributed by atoms with Gasteiger partial charge in [0.25, 0.3) is 0 Å². The van der Waals surface area contributed by atoms with Crippen LogP contribution in [0.15, 0.2) is 42.5 Å². The molecule has 36 heavy (non-hydrogen) atoms. The summed E-state index contributed by atoms with van der Waals surface area (Å²) in [5, 5.41) is 3.60. The number of hydrogen-bond donors (Lipinski definition) is 1. The van der Waals surface area contributed by atoms with Crippen molar-refractivity contribution in [3.05, 3.63) is 63.9 Å². The lowest BCUT2D eigenvalue weighted by Gasteiger charge is -2.32. The number of sulfonamides is 1. The largest absolute Gasteiger partial charge is 0.350 e. The molecule has 2 amide bonds. The highest BCUT2D eigenvalue weighted by Gasteiger charge is 2.29. The quantitative estimate of drug-likeness (QED) is 0.443. The van der Waals surface area contributed by atoms with Gasteiger partial charge in [-0.15, -0.1) is 0 Å². The molecule has 2 aromatic rings. The van der Waals surface area contributed by atoms with Crippen molar-refractivity contribution in [2.75, 3.05) is 17.1 Å². The summed E-state index contributed by atoms with van der Waals surface area (Å²) in [5.41, 5.74) is 0.297. The molecule has 0 aliphatic carbocycles. The van der Waals surface area contributed by atoms with E-state index in [1.165, 1.54) is 29.2 Å². The third-order valence-electron chi connectivity index (χ3n) is 5.32. The lowest BCUT2D eigenvalue weighted by Crippen LogP contribution is -2.52. The number of nitrogens with one attached hydrogen (secondary N) is 1. The Morgan fingerprint density at radius 1 is 1.06 bits per heavy atom. The zero-order chi connectivity index (χ0) is 27.3. The van der Waals surface area contributed by atoms with Crippen LogP contribution in [-0.4, -0.2) is 49.5 Å². The van der Waals surface area contributed by atoms with Gasteiger partial charge < -0.3 is 10.2 Å². The van der Waals surface area contributed by atoms with E-state index in [0.29, 0.717) is 21.3 Å². The number of benzene rings is 2. The number of rotatable bonds is 10. The molecule has 0 radical (unpaired) electrons. The number of nitrogens with zero attached hydrogens (tertiary/aromatic N) is 2. The number of amides is 2. The Kier molecular flexibility index (Phi) is 10.2. The number of carbonyl (C=O) groups excluding carboxylic acids is 2. The molecule has 2 rings (SSSR count). The van der Waals surface area contributed by atoms with E-state index in [-0.39, 0.29) is 37.7 Å². The van der Waals surface area contributed by atoms with Crippen molar-refractivity contribution in [3.63, 3.8) is 0 Å². The summed E-state index contributed by atoms with van der Waals surface area (Å²) in [7, 11) is -3.67. The van der Waals surface area contributed by atoms with Crippen molar-refractivity contribution in [1.29, 1.82) is 0 Å². The van der Waals surface area contributed by atoms with E-state index in [2.05, 4.69) is 5.32 Å². The average Bonchev–Trinajstić information content (AvgIpc) is 2.75. The van der Waals surface area contributed by atoms with Crippen molar-refractivity contribution >= 4 is 50.7 Å². The molecular formula is C25H32Cl2FN3O4S. The van der Waals surface area contributed by atoms with Gasteiger partial charge in [-0.2, -0.15) is 0 Å². The number of hydrogen-bond acceptors (Lipinski definition) is 4. The fourth-order valence-electron chi connectivity index (χ4n) is 3.52. The summed E-state index contributed by atoms with van der Waals surface area (Å²) < 4.78 is 39.1. The first-order valence-electron chi connectivity index (χ1n) is 11.4. The van der Waals surface area contributed by atoms with Crippen molar-refractivity contribution in [3.8, 4) is 0 Å². The Hall–Kier alpha value is -2.36. The standard InChI is InChI=1S/C25H32Cl2FN3O4S/c1-17(24(33)29-25(2,3)4)30(16-20-21(26)8-6-9-22(20)27)23(32)10-7-15-31(36(5,34)35)19-13-11-18(28)12-14-19/h6,8-9,11-14,17H,7,10,15-16H2,1-5H3,(H,29,33). The van der Waals surface area contributed by atoms with Gasteiger partial charge in [0.1, 0.15) is 11.9 Å². The van der Waals surface area contributed by atoms with Crippen molar-refractivity contribution in [2.24, 2.45) is 0 Å². The van der Waals surface area contributed by atoms with Crippen molar-refractivity contribution in [2.45, 2.75) is 58.7 Å². The summed E-state index contributed by atoms with van der Waals surface area (Å²) in [6, 6.07) is 9.21. The Morgan fingerprint density at radius 2 is 1.61 bits per heavy atom. The Balaban J connectivity index is 2.24. The molecule has 1 N–H and O–H groups in total. The van der Waals surface area contributed by atoms with Gasteiger partial charge in [-0.05, 0) is 70.5 Å². The van der Waals surface area contributed by atoms with E-state index in [1.807, 2.05) is 20.8 Å². The molecule has 1 unspecified atom stereocenters. The molecule has 0 saturated carbocycles. The molecule has 0 aliphatic heterocycles. The molecule has 11 heteroatoms. The first kappa shape index (κ1) is 29.9. The van der Waals surface area contributed by atoms with Gasteiger partial charge in [0, 0.05) is 40.7 Å². The molecule has 2 aromatic carbocycles. The predicted octanol–water partition coefficient (Wildman–Crippen LogP) is 5.01. The Bertz CT molecular complexity index is 1160. The third kappa shape index (κ3) is 8.64. The maximum absolute atomic E-state index is 13.3. The molecule has 0 bridgehead atoms. The third-order valence-corrected chi connectivity index (χ3v) is 7.22. The highest BCUT2D eigenvalue weighted by atomic mass is 35.5. The summed E-state index contributed by atoms with van der Waals surface area (Å²) in [6.07, 6.45) is 1.18. The van der Waals surface area contributed by atoms with Crippen LogP contribution in [0.3, 0.4) is 0 Å². The van der Waals surface area contributed by atoms with Crippen LogP contribution >= 0.6 is 23.2 Å². The maximum atomic E-state index is 13.3. The summed E-state index contributed by atoms with van der Waals surface area (Å²) in [4.78, 5) is 27.6. The van der Waals surface area contributed by atoms with Gasteiger partial charge in [-0.1, -0.05) is 29.3 Å². The van der Waals surface area contributed by atoms with E-state index >= 15 is 0 Å². The molecule has 0 spiro atoms. The SMILES string of the molecule is CC(C(=O)NC(C)(C)C)N(Cc1c(Cl)cccc1Cl)C(=O)CCCN(c1ccc(F)cc1)S(C)(=O)=O. The highest BCUT2D eigenvalue weighted by molar-refractivity contribution is 7.92. The predicted molar refractivity (Wildman–Crippen MR) is 142 cm³/mol. The van der Waals surface area contributed by atoms with Gasteiger partial charge in [-0.3, -0.25) is 13.9 Å². The van der Waals surface area contributed by atoms with E-state index in [9.17, 15) is 22.4 Å².